The van der Waals surface area contributed by atoms with Crippen LogP contribution in [0, 0.1) is 6.92 Å². The summed E-state index contributed by atoms with van der Waals surface area (Å²) in [5, 5.41) is 11.2. The number of fused-ring (bicyclic) bond motifs is 1. The fourth-order valence-corrected chi connectivity index (χ4v) is 3.05. The third kappa shape index (κ3) is 4.26. The van der Waals surface area contributed by atoms with Crippen molar-refractivity contribution in [2.24, 2.45) is 7.05 Å². The number of hydrogen-bond acceptors (Lipinski definition) is 4. The summed E-state index contributed by atoms with van der Waals surface area (Å²) < 4.78 is 12.8. The van der Waals surface area contributed by atoms with Gasteiger partial charge in [0.2, 0.25) is 0 Å². The van der Waals surface area contributed by atoms with Crippen molar-refractivity contribution in [2.75, 3.05) is 13.2 Å². The molecule has 0 aliphatic heterocycles. The van der Waals surface area contributed by atoms with E-state index in [1.807, 2.05) is 37.4 Å². The number of aliphatic hydroxyl groups excluding tert-OH is 1. The molecule has 0 amide bonds. The zero-order valence-corrected chi connectivity index (χ0v) is 16.4. The number of ether oxygens (including phenoxy) is 2. The van der Waals surface area contributed by atoms with Gasteiger partial charge >= 0.3 is 5.97 Å². The Morgan fingerprint density at radius 1 is 1.18 bits per heavy atom. The number of aromatic nitrogens is 1. The SMILES string of the molecule is C=C(C)C(=O)OCC(O)COc1ccc(C)c(-c2cc3ccccc3n2C)c1. The number of nitrogens with zero attached hydrogens (tertiary/aromatic N) is 1. The van der Waals surface area contributed by atoms with Crippen LogP contribution >= 0.6 is 0 Å². The maximum atomic E-state index is 11.4. The number of hydrogen-bond donors (Lipinski definition) is 1. The smallest absolute Gasteiger partial charge is 0.333 e. The first-order valence-electron chi connectivity index (χ1n) is 9.16. The average molecular weight is 379 g/mol. The number of carbonyl (C=O) groups is 1. The molecule has 146 valence electrons. The van der Waals surface area contributed by atoms with Gasteiger partial charge in [-0.15, -0.1) is 0 Å². The minimum absolute atomic E-state index is 0.0289. The summed E-state index contributed by atoms with van der Waals surface area (Å²) >= 11 is 0. The number of para-hydroxylation sites is 1. The van der Waals surface area contributed by atoms with Gasteiger partial charge in [0.1, 0.15) is 25.1 Å². The van der Waals surface area contributed by atoms with E-state index in [0.717, 1.165) is 22.3 Å². The Kier molecular flexibility index (Phi) is 5.85. The maximum absolute atomic E-state index is 11.4. The molecular weight excluding hydrogens is 354 g/mol. The van der Waals surface area contributed by atoms with Crippen LogP contribution in [-0.2, 0) is 16.6 Å². The van der Waals surface area contributed by atoms with Crippen molar-refractivity contribution in [3.8, 4) is 17.0 Å². The molecule has 2 aromatic carbocycles. The normalized spacial score (nSPS) is 12.0. The molecule has 0 saturated heterocycles. The number of carbonyl (C=O) groups excluding carboxylic acids is 1. The molecule has 3 rings (SSSR count). The van der Waals surface area contributed by atoms with Gasteiger partial charge in [-0.1, -0.05) is 30.8 Å². The van der Waals surface area contributed by atoms with E-state index in [-0.39, 0.29) is 13.2 Å². The minimum atomic E-state index is -0.911. The lowest BCUT2D eigenvalue weighted by atomic mass is 10.1. The number of rotatable bonds is 7. The quantitative estimate of drug-likeness (QED) is 0.498. The maximum Gasteiger partial charge on any atom is 0.333 e. The predicted octanol–water partition coefficient (Wildman–Crippen LogP) is 4.01. The highest BCUT2D eigenvalue weighted by atomic mass is 16.5. The second-order valence-corrected chi connectivity index (χ2v) is 6.97. The highest BCUT2D eigenvalue weighted by molar-refractivity contribution is 5.88. The van der Waals surface area contributed by atoms with Crippen LogP contribution in [0.5, 0.6) is 5.75 Å². The second-order valence-electron chi connectivity index (χ2n) is 6.97. The topological polar surface area (TPSA) is 60.7 Å². The lowest BCUT2D eigenvalue weighted by molar-refractivity contribution is -0.142. The Morgan fingerprint density at radius 3 is 2.64 bits per heavy atom. The van der Waals surface area contributed by atoms with Crippen LogP contribution in [0.1, 0.15) is 12.5 Å². The molecular formula is C23H25NO4. The third-order valence-electron chi connectivity index (χ3n) is 4.63. The molecule has 1 unspecified atom stereocenters. The second kappa shape index (κ2) is 8.31. The summed E-state index contributed by atoms with van der Waals surface area (Å²) in [6, 6.07) is 16.2. The zero-order chi connectivity index (χ0) is 20.3. The van der Waals surface area contributed by atoms with Gasteiger partial charge in [0.15, 0.2) is 0 Å². The van der Waals surface area contributed by atoms with E-state index in [1.165, 1.54) is 5.39 Å². The average Bonchev–Trinajstić information content (AvgIpc) is 3.02. The standard InChI is InChI=1S/C23H25NO4/c1-15(2)23(26)28-14-18(25)13-27-19-10-9-16(3)20(12-19)22-11-17-7-5-6-8-21(17)24(22)4/h5-12,18,25H,1,13-14H2,2-4H3. The van der Waals surface area contributed by atoms with Gasteiger partial charge in [0.05, 0.1) is 0 Å². The molecule has 1 aromatic heterocycles. The van der Waals surface area contributed by atoms with E-state index >= 15 is 0 Å². The van der Waals surface area contributed by atoms with Gasteiger partial charge in [0.25, 0.3) is 0 Å². The van der Waals surface area contributed by atoms with Gasteiger partial charge in [-0.25, -0.2) is 4.79 Å². The van der Waals surface area contributed by atoms with Crippen molar-refractivity contribution in [1.82, 2.24) is 4.57 Å². The monoisotopic (exact) mass is 379 g/mol. The van der Waals surface area contributed by atoms with Crippen LogP contribution < -0.4 is 4.74 Å². The number of esters is 1. The molecule has 0 bridgehead atoms. The summed E-state index contributed by atoms with van der Waals surface area (Å²) in [4.78, 5) is 11.4. The summed E-state index contributed by atoms with van der Waals surface area (Å²) in [5.74, 6) is 0.128. The van der Waals surface area contributed by atoms with Crippen LogP contribution in [0.2, 0.25) is 0 Å². The Morgan fingerprint density at radius 2 is 1.93 bits per heavy atom. The van der Waals surface area contributed by atoms with Crippen LogP contribution in [-0.4, -0.2) is 35.0 Å². The predicted molar refractivity (Wildman–Crippen MR) is 110 cm³/mol. The molecule has 1 N–H and O–H groups in total. The van der Waals surface area contributed by atoms with Gasteiger partial charge in [0, 0.05) is 34.8 Å². The molecule has 0 aliphatic carbocycles. The van der Waals surface area contributed by atoms with Crippen molar-refractivity contribution < 1.29 is 19.4 Å². The summed E-state index contributed by atoms with van der Waals surface area (Å²) in [6.07, 6.45) is -0.911. The van der Waals surface area contributed by atoms with Crippen molar-refractivity contribution in [2.45, 2.75) is 20.0 Å². The first-order valence-corrected chi connectivity index (χ1v) is 9.16. The first kappa shape index (κ1) is 19.7. The fraction of sp³-hybridized carbons (Fsp3) is 0.261. The number of aryl methyl sites for hydroxylation is 2. The Hall–Kier alpha value is -3.05. The summed E-state index contributed by atoms with van der Waals surface area (Å²) in [5.41, 5.74) is 4.76. The number of benzene rings is 2. The highest BCUT2D eigenvalue weighted by Crippen LogP contribution is 2.32. The van der Waals surface area contributed by atoms with E-state index in [1.54, 1.807) is 6.92 Å². The van der Waals surface area contributed by atoms with Crippen LogP contribution in [0.25, 0.3) is 22.2 Å². The fourth-order valence-electron chi connectivity index (χ4n) is 3.05. The van der Waals surface area contributed by atoms with Gasteiger partial charge in [-0.3, -0.25) is 0 Å². The highest BCUT2D eigenvalue weighted by Gasteiger charge is 2.13. The van der Waals surface area contributed by atoms with Gasteiger partial charge < -0.3 is 19.1 Å². The number of aliphatic hydroxyl groups is 1. The van der Waals surface area contributed by atoms with Crippen LogP contribution in [0.4, 0.5) is 0 Å². The Bertz CT molecular complexity index is 1020. The van der Waals surface area contributed by atoms with E-state index < -0.39 is 12.1 Å². The lowest BCUT2D eigenvalue weighted by Crippen LogP contribution is -2.25. The summed E-state index contributed by atoms with van der Waals surface area (Å²) in [7, 11) is 2.05. The lowest BCUT2D eigenvalue weighted by Gasteiger charge is -2.15. The molecule has 5 heteroatoms. The Balaban J connectivity index is 1.74. The van der Waals surface area contributed by atoms with Gasteiger partial charge in [-0.2, -0.15) is 0 Å². The molecule has 0 spiro atoms. The molecule has 0 saturated carbocycles. The minimum Gasteiger partial charge on any atom is -0.491 e. The van der Waals surface area contributed by atoms with E-state index in [0.29, 0.717) is 11.3 Å². The van der Waals surface area contributed by atoms with E-state index in [2.05, 4.69) is 36.3 Å². The molecule has 3 aromatic rings. The molecule has 0 radical (unpaired) electrons. The van der Waals surface area contributed by atoms with Crippen molar-refractivity contribution in [3.63, 3.8) is 0 Å². The van der Waals surface area contributed by atoms with Crippen molar-refractivity contribution in [1.29, 1.82) is 0 Å². The van der Waals surface area contributed by atoms with Crippen molar-refractivity contribution in [3.05, 3.63) is 66.2 Å². The van der Waals surface area contributed by atoms with E-state index in [4.69, 9.17) is 9.47 Å². The molecule has 1 atom stereocenters. The molecule has 5 nitrogen and oxygen atoms in total. The largest absolute Gasteiger partial charge is 0.491 e. The van der Waals surface area contributed by atoms with Crippen LogP contribution in [0.3, 0.4) is 0 Å². The van der Waals surface area contributed by atoms with Gasteiger partial charge in [-0.05, 0) is 43.7 Å². The molecule has 0 fully saturated rings. The molecule has 28 heavy (non-hydrogen) atoms. The third-order valence-corrected chi connectivity index (χ3v) is 4.63. The van der Waals surface area contributed by atoms with Crippen molar-refractivity contribution >= 4 is 16.9 Å². The van der Waals surface area contributed by atoms with Crippen LogP contribution in [0.15, 0.2) is 60.7 Å². The summed E-state index contributed by atoms with van der Waals surface area (Å²) in [6.45, 7) is 7.02. The Labute approximate surface area is 164 Å². The molecule has 0 aliphatic rings. The zero-order valence-electron chi connectivity index (χ0n) is 16.4. The molecule has 1 heterocycles. The first-order chi connectivity index (χ1) is 13.4. The van der Waals surface area contributed by atoms with E-state index in [9.17, 15) is 9.90 Å².